The molecule has 2 aliphatic rings. The summed E-state index contributed by atoms with van der Waals surface area (Å²) in [6, 6.07) is 0. The largest absolute Gasteiger partial charge is 0.387 e. The van der Waals surface area contributed by atoms with Crippen molar-refractivity contribution in [3.05, 3.63) is 15.6 Å². The van der Waals surface area contributed by atoms with Crippen molar-refractivity contribution in [2.45, 2.75) is 57.0 Å². The van der Waals surface area contributed by atoms with Crippen molar-refractivity contribution in [2.24, 2.45) is 0 Å². The molecule has 1 saturated carbocycles. The highest BCUT2D eigenvalue weighted by atomic mass is 32.1. The fraction of sp³-hybridized carbons (Fsp3) is 0.750. The van der Waals surface area contributed by atoms with Crippen LogP contribution in [0, 0.1) is 0 Å². The van der Waals surface area contributed by atoms with Crippen molar-refractivity contribution >= 4 is 11.3 Å². The SMILES string of the molecule is OC1CCCc2sc(C3CCCC3)nc21. The van der Waals surface area contributed by atoms with Gasteiger partial charge in [-0.3, -0.25) is 0 Å². The third-order valence-electron chi connectivity index (χ3n) is 3.65. The average Bonchev–Trinajstić information content (AvgIpc) is 2.86. The number of fused-ring (bicyclic) bond motifs is 1. The Balaban J connectivity index is 1.90. The van der Waals surface area contributed by atoms with E-state index in [1.807, 2.05) is 11.3 Å². The smallest absolute Gasteiger partial charge is 0.0971 e. The van der Waals surface area contributed by atoms with Gasteiger partial charge in [0.05, 0.1) is 16.8 Å². The Hall–Kier alpha value is -0.410. The van der Waals surface area contributed by atoms with Crippen LogP contribution in [-0.2, 0) is 6.42 Å². The van der Waals surface area contributed by atoms with Crippen LogP contribution >= 0.6 is 11.3 Å². The number of aromatic nitrogens is 1. The predicted octanol–water partition coefficient (Wildman–Crippen LogP) is 3.17. The van der Waals surface area contributed by atoms with E-state index in [1.165, 1.54) is 35.6 Å². The van der Waals surface area contributed by atoms with Crippen LogP contribution in [0.15, 0.2) is 0 Å². The first-order valence-electron chi connectivity index (χ1n) is 6.02. The lowest BCUT2D eigenvalue weighted by atomic mass is 10.0. The fourth-order valence-electron chi connectivity index (χ4n) is 2.76. The van der Waals surface area contributed by atoms with Crippen molar-refractivity contribution in [2.75, 3.05) is 0 Å². The van der Waals surface area contributed by atoms with E-state index >= 15 is 0 Å². The quantitative estimate of drug-likeness (QED) is 0.793. The summed E-state index contributed by atoms with van der Waals surface area (Å²) in [5, 5.41) is 11.2. The van der Waals surface area contributed by atoms with Gasteiger partial charge in [-0.05, 0) is 32.1 Å². The number of aliphatic hydroxyl groups is 1. The van der Waals surface area contributed by atoms with Crippen molar-refractivity contribution in [3.63, 3.8) is 0 Å². The van der Waals surface area contributed by atoms with Crippen molar-refractivity contribution in [3.8, 4) is 0 Å². The molecule has 3 rings (SSSR count). The third kappa shape index (κ3) is 1.72. The first kappa shape index (κ1) is 9.79. The summed E-state index contributed by atoms with van der Waals surface area (Å²) in [6.07, 6.45) is 8.22. The molecule has 1 atom stereocenters. The standard InChI is InChI=1S/C12H17NOS/c14-9-6-3-7-10-11(9)13-12(15-10)8-4-1-2-5-8/h8-9,14H,1-7H2. The van der Waals surface area contributed by atoms with Crippen LogP contribution in [0.5, 0.6) is 0 Å². The monoisotopic (exact) mass is 223 g/mol. The van der Waals surface area contributed by atoms with E-state index in [1.54, 1.807) is 0 Å². The number of aryl methyl sites for hydroxylation is 1. The zero-order chi connectivity index (χ0) is 10.3. The molecule has 1 N–H and O–H groups in total. The van der Waals surface area contributed by atoms with Gasteiger partial charge in [0.15, 0.2) is 0 Å². The van der Waals surface area contributed by atoms with E-state index in [2.05, 4.69) is 4.98 Å². The van der Waals surface area contributed by atoms with Gasteiger partial charge in [0.2, 0.25) is 0 Å². The molecule has 2 nitrogen and oxygen atoms in total. The fourth-order valence-corrected chi connectivity index (χ4v) is 4.09. The van der Waals surface area contributed by atoms with E-state index in [4.69, 9.17) is 0 Å². The zero-order valence-corrected chi connectivity index (χ0v) is 9.72. The summed E-state index contributed by atoms with van der Waals surface area (Å²) >= 11 is 1.87. The number of rotatable bonds is 1. The molecular formula is C12H17NOS. The number of thiazole rings is 1. The van der Waals surface area contributed by atoms with Gasteiger partial charge in [-0.25, -0.2) is 4.98 Å². The normalized spacial score (nSPS) is 26.9. The van der Waals surface area contributed by atoms with Gasteiger partial charge in [0.25, 0.3) is 0 Å². The molecule has 0 radical (unpaired) electrons. The second kappa shape index (κ2) is 3.87. The Morgan fingerprint density at radius 2 is 1.93 bits per heavy atom. The summed E-state index contributed by atoms with van der Waals surface area (Å²) in [6.45, 7) is 0. The zero-order valence-electron chi connectivity index (χ0n) is 8.91. The second-order valence-electron chi connectivity index (χ2n) is 4.75. The molecule has 0 aliphatic heterocycles. The molecule has 1 aromatic rings. The average molecular weight is 223 g/mol. The highest BCUT2D eigenvalue weighted by Gasteiger charge is 2.27. The maximum Gasteiger partial charge on any atom is 0.0971 e. The maximum absolute atomic E-state index is 9.86. The number of nitrogens with zero attached hydrogens (tertiary/aromatic N) is 1. The topological polar surface area (TPSA) is 33.1 Å². The van der Waals surface area contributed by atoms with Crippen LogP contribution in [-0.4, -0.2) is 10.1 Å². The highest BCUT2D eigenvalue weighted by molar-refractivity contribution is 7.11. The first-order chi connectivity index (χ1) is 7.34. The van der Waals surface area contributed by atoms with Gasteiger partial charge in [-0.1, -0.05) is 12.8 Å². The van der Waals surface area contributed by atoms with Crippen LogP contribution in [0.25, 0.3) is 0 Å². The van der Waals surface area contributed by atoms with E-state index in [0.29, 0.717) is 5.92 Å². The molecule has 1 fully saturated rings. The molecule has 15 heavy (non-hydrogen) atoms. The molecule has 3 heteroatoms. The third-order valence-corrected chi connectivity index (χ3v) is 4.94. The molecule has 0 saturated heterocycles. The lowest BCUT2D eigenvalue weighted by Crippen LogP contribution is -2.07. The number of hydrogen-bond donors (Lipinski definition) is 1. The van der Waals surface area contributed by atoms with Gasteiger partial charge >= 0.3 is 0 Å². The molecule has 2 aliphatic carbocycles. The molecule has 0 aromatic carbocycles. The minimum atomic E-state index is -0.278. The van der Waals surface area contributed by atoms with Crippen LogP contribution in [0.1, 0.15) is 66.1 Å². The Bertz CT molecular complexity index is 355. The van der Waals surface area contributed by atoms with Gasteiger partial charge in [-0.15, -0.1) is 11.3 Å². The van der Waals surface area contributed by atoms with Gasteiger partial charge in [0.1, 0.15) is 0 Å². The second-order valence-corrected chi connectivity index (χ2v) is 5.87. The highest BCUT2D eigenvalue weighted by Crippen LogP contribution is 2.40. The minimum Gasteiger partial charge on any atom is -0.387 e. The van der Waals surface area contributed by atoms with Gasteiger partial charge in [0, 0.05) is 10.8 Å². The molecule has 1 aromatic heterocycles. The molecule has 1 unspecified atom stereocenters. The van der Waals surface area contributed by atoms with E-state index in [0.717, 1.165) is 25.0 Å². The van der Waals surface area contributed by atoms with Crippen molar-refractivity contribution in [1.29, 1.82) is 0 Å². The summed E-state index contributed by atoms with van der Waals surface area (Å²) < 4.78 is 0. The predicted molar refractivity (Wildman–Crippen MR) is 61.2 cm³/mol. The Morgan fingerprint density at radius 1 is 1.13 bits per heavy atom. The van der Waals surface area contributed by atoms with Crippen molar-refractivity contribution in [1.82, 2.24) is 4.98 Å². The molecule has 0 bridgehead atoms. The Morgan fingerprint density at radius 3 is 2.67 bits per heavy atom. The summed E-state index contributed by atoms with van der Waals surface area (Å²) in [7, 11) is 0. The molecule has 1 heterocycles. The first-order valence-corrected chi connectivity index (χ1v) is 6.84. The van der Waals surface area contributed by atoms with E-state index < -0.39 is 0 Å². The van der Waals surface area contributed by atoms with E-state index in [-0.39, 0.29) is 6.10 Å². The Labute approximate surface area is 94.4 Å². The molecular weight excluding hydrogens is 206 g/mol. The maximum atomic E-state index is 9.86. The summed E-state index contributed by atoms with van der Waals surface area (Å²) in [5.41, 5.74) is 1.01. The number of hydrogen-bond acceptors (Lipinski definition) is 3. The summed E-state index contributed by atoms with van der Waals surface area (Å²) in [5.74, 6) is 0.702. The van der Waals surface area contributed by atoms with Gasteiger partial charge in [-0.2, -0.15) is 0 Å². The molecule has 0 spiro atoms. The van der Waals surface area contributed by atoms with Gasteiger partial charge < -0.3 is 5.11 Å². The van der Waals surface area contributed by atoms with Crippen molar-refractivity contribution < 1.29 is 5.11 Å². The summed E-state index contributed by atoms with van der Waals surface area (Å²) in [4.78, 5) is 6.04. The Kier molecular flexibility index (Phi) is 2.53. The number of aliphatic hydroxyl groups excluding tert-OH is 1. The lowest BCUT2D eigenvalue weighted by Gasteiger charge is -2.14. The van der Waals surface area contributed by atoms with Crippen LogP contribution < -0.4 is 0 Å². The molecule has 0 amide bonds. The lowest BCUT2D eigenvalue weighted by molar-refractivity contribution is 0.152. The van der Waals surface area contributed by atoms with E-state index in [9.17, 15) is 5.11 Å². The van der Waals surface area contributed by atoms with Crippen LogP contribution in [0.4, 0.5) is 0 Å². The minimum absolute atomic E-state index is 0.278. The van der Waals surface area contributed by atoms with Crippen LogP contribution in [0.3, 0.4) is 0 Å². The van der Waals surface area contributed by atoms with Crippen LogP contribution in [0.2, 0.25) is 0 Å². The molecule has 82 valence electrons.